The lowest BCUT2D eigenvalue weighted by atomic mass is 10.0. The third-order valence-corrected chi connectivity index (χ3v) is 5.46. The molecule has 1 unspecified atom stereocenters. The van der Waals surface area contributed by atoms with Crippen LogP contribution in [-0.4, -0.2) is 18.0 Å². The third kappa shape index (κ3) is 4.51. The zero-order chi connectivity index (χ0) is 19.3. The molecule has 0 radical (unpaired) electrons. The highest BCUT2D eigenvalue weighted by atomic mass is 32.1. The molecular weight excluding hydrogens is 372 g/mol. The third-order valence-electron chi connectivity index (χ3n) is 4.82. The standard InChI is InChI=1S/C22H22N2O3S/c1-26-19-9-7-16(8-10-19)21(15-5-6-15)24-22(25)17-3-2-4-20(11-17)27-12-18-13-28-14-23-18/h2-4,7-11,13-15,21H,5-6,12H2,1H3,(H,24,25). The number of thiazole rings is 1. The monoisotopic (exact) mass is 394 g/mol. The average Bonchev–Trinajstić information content (AvgIpc) is 3.45. The van der Waals surface area contributed by atoms with E-state index in [1.54, 1.807) is 18.7 Å². The van der Waals surface area contributed by atoms with Gasteiger partial charge in [0.1, 0.15) is 18.1 Å². The molecule has 1 aliphatic carbocycles. The molecule has 0 bridgehead atoms. The Hall–Kier alpha value is -2.86. The van der Waals surface area contributed by atoms with Gasteiger partial charge in [0.15, 0.2) is 0 Å². The van der Waals surface area contributed by atoms with Crippen molar-refractivity contribution in [1.29, 1.82) is 0 Å². The predicted molar refractivity (Wildman–Crippen MR) is 109 cm³/mol. The lowest BCUT2D eigenvalue weighted by Gasteiger charge is -2.19. The molecule has 2 aromatic carbocycles. The summed E-state index contributed by atoms with van der Waals surface area (Å²) in [6.45, 7) is 0.394. The van der Waals surface area contributed by atoms with Crippen molar-refractivity contribution in [1.82, 2.24) is 10.3 Å². The molecule has 1 amide bonds. The zero-order valence-electron chi connectivity index (χ0n) is 15.6. The number of nitrogens with one attached hydrogen (secondary N) is 1. The van der Waals surface area contributed by atoms with E-state index in [4.69, 9.17) is 9.47 Å². The van der Waals surface area contributed by atoms with Crippen LogP contribution in [0.15, 0.2) is 59.4 Å². The summed E-state index contributed by atoms with van der Waals surface area (Å²) in [5.41, 5.74) is 4.36. The molecule has 144 valence electrons. The number of nitrogens with zero attached hydrogens (tertiary/aromatic N) is 1. The fourth-order valence-electron chi connectivity index (χ4n) is 3.13. The van der Waals surface area contributed by atoms with Crippen LogP contribution in [0.2, 0.25) is 0 Å². The van der Waals surface area contributed by atoms with Crippen LogP contribution in [0.1, 0.15) is 40.5 Å². The van der Waals surface area contributed by atoms with Crippen LogP contribution in [0, 0.1) is 5.92 Å². The van der Waals surface area contributed by atoms with Crippen LogP contribution in [0.4, 0.5) is 0 Å². The smallest absolute Gasteiger partial charge is 0.251 e. The summed E-state index contributed by atoms with van der Waals surface area (Å²) in [5.74, 6) is 1.87. The molecule has 1 heterocycles. The van der Waals surface area contributed by atoms with Crippen LogP contribution in [-0.2, 0) is 6.61 Å². The number of aromatic nitrogens is 1. The number of amides is 1. The average molecular weight is 394 g/mol. The highest BCUT2D eigenvalue weighted by Gasteiger charge is 2.33. The van der Waals surface area contributed by atoms with Gasteiger partial charge in [-0.1, -0.05) is 18.2 Å². The fraction of sp³-hybridized carbons (Fsp3) is 0.273. The Labute approximate surface area is 168 Å². The first-order valence-electron chi connectivity index (χ1n) is 9.27. The van der Waals surface area contributed by atoms with Crippen molar-refractivity contribution in [2.75, 3.05) is 7.11 Å². The van der Waals surface area contributed by atoms with E-state index < -0.39 is 0 Å². The molecule has 0 spiro atoms. The quantitative estimate of drug-likeness (QED) is 0.606. The van der Waals surface area contributed by atoms with E-state index >= 15 is 0 Å². The maximum absolute atomic E-state index is 12.9. The highest BCUT2D eigenvalue weighted by Crippen LogP contribution is 2.41. The SMILES string of the molecule is COc1ccc(C(NC(=O)c2cccc(OCc3cscn3)c2)C2CC2)cc1. The van der Waals surface area contributed by atoms with Gasteiger partial charge in [0, 0.05) is 10.9 Å². The first-order valence-corrected chi connectivity index (χ1v) is 10.2. The fourth-order valence-corrected chi connectivity index (χ4v) is 3.68. The molecule has 3 aromatic rings. The minimum absolute atomic E-state index is 0.0120. The van der Waals surface area contributed by atoms with Gasteiger partial charge in [0.25, 0.3) is 5.91 Å². The van der Waals surface area contributed by atoms with Gasteiger partial charge >= 0.3 is 0 Å². The van der Waals surface area contributed by atoms with Crippen LogP contribution in [0.3, 0.4) is 0 Å². The lowest BCUT2D eigenvalue weighted by molar-refractivity contribution is 0.0931. The first-order chi connectivity index (χ1) is 13.7. The first kappa shape index (κ1) is 18.5. The molecule has 6 heteroatoms. The van der Waals surface area contributed by atoms with E-state index in [9.17, 15) is 4.79 Å². The van der Waals surface area contributed by atoms with E-state index in [1.165, 1.54) is 11.3 Å². The topological polar surface area (TPSA) is 60.5 Å². The summed E-state index contributed by atoms with van der Waals surface area (Å²) >= 11 is 1.54. The minimum atomic E-state index is -0.0909. The van der Waals surface area contributed by atoms with Gasteiger partial charge in [-0.15, -0.1) is 11.3 Å². The molecule has 0 aliphatic heterocycles. The normalized spacial score (nSPS) is 14.3. The number of methoxy groups -OCH3 is 1. The number of carbonyl (C=O) groups is 1. The summed E-state index contributed by atoms with van der Waals surface area (Å²) in [5, 5.41) is 5.15. The second kappa shape index (κ2) is 8.44. The van der Waals surface area contributed by atoms with Crippen molar-refractivity contribution in [2.45, 2.75) is 25.5 Å². The molecule has 0 saturated heterocycles. The second-order valence-electron chi connectivity index (χ2n) is 6.86. The Bertz CT molecular complexity index is 921. The Kier molecular flexibility index (Phi) is 5.58. The van der Waals surface area contributed by atoms with Crippen LogP contribution in [0.25, 0.3) is 0 Å². The van der Waals surface area contributed by atoms with Gasteiger partial charge < -0.3 is 14.8 Å². The molecule has 1 N–H and O–H groups in total. The van der Waals surface area contributed by atoms with Crippen molar-refractivity contribution in [3.63, 3.8) is 0 Å². The van der Waals surface area contributed by atoms with Crippen LogP contribution in [0.5, 0.6) is 11.5 Å². The Morgan fingerprint density at radius 3 is 2.71 bits per heavy atom. The summed E-state index contributed by atoms with van der Waals surface area (Å²) in [7, 11) is 1.65. The molecule has 1 aromatic heterocycles. The molecule has 1 saturated carbocycles. The molecule has 5 nitrogen and oxygen atoms in total. The van der Waals surface area contributed by atoms with E-state index in [1.807, 2.05) is 47.8 Å². The van der Waals surface area contributed by atoms with Crippen molar-refractivity contribution in [3.8, 4) is 11.5 Å². The van der Waals surface area contributed by atoms with Crippen molar-refractivity contribution in [2.24, 2.45) is 5.92 Å². The van der Waals surface area contributed by atoms with Gasteiger partial charge in [-0.25, -0.2) is 4.98 Å². The van der Waals surface area contributed by atoms with Gasteiger partial charge in [-0.2, -0.15) is 0 Å². The highest BCUT2D eigenvalue weighted by molar-refractivity contribution is 7.07. The summed E-state index contributed by atoms with van der Waals surface area (Å²) in [6, 6.07) is 15.2. The number of carbonyl (C=O) groups excluding carboxylic acids is 1. The molecule has 1 atom stereocenters. The summed E-state index contributed by atoms with van der Waals surface area (Å²) < 4.78 is 11.0. The second-order valence-corrected chi connectivity index (χ2v) is 7.58. The van der Waals surface area contributed by atoms with E-state index in [0.717, 1.165) is 29.8 Å². The van der Waals surface area contributed by atoms with E-state index in [2.05, 4.69) is 10.3 Å². The van der Waals surface area contributed by atoms with Gasteiger partial charge in [-0.05, 0) is 54.7 Å². The van der Waals surface area contributed by atoms with Crippen LogP contribution >= 0.6 is 11.3 Å². The maximum Gasteiger partial charge on any atom is 0.251 e. The Balaban J connectivity index is 1.44. The molecular formula is C22H22N2O3S. The van der Waals surface area contributed by atoms with Gasteiger partial charge in [-0.3, -0.25) is 4.79 Å². The zero-order valence-corrected chi connectivity index (χ0v) is 16.4. The molecule has 4 rings (SSSR count). The predicted octanol–water partition coefficient (Wildman–Crippen LogP) is 4.61. The minimum Gasteiger partial charge on any atom is -0.497 e. The largest absolute Gasteiger partial charge is 0.497 e. The lowest BCUT2D eigenvalue weighted by Crippen LogP contribution is -2.29. The molecule has 1 fully saturated rings. The summed E-state index contributed by atoms with van der Waals surface area (Å²) in [6.07, 6.45) is 2.27. The maximum atomic E-state index is 12.9. The number of ether oxygens (including phenoxy) is 2. The van der Waals surface area contributed by atoms with Gasteiger partial charge in [0.05, 0.1) is 24.4 Å². The summed E-state index contributed by atoms with van der Waals surface area (Å²) in [4.78, 5) is 17.1. The van der Waals surface area contributed by atoms with Crippen LogP contribution < -0.4 is 14.8 Å². The van der Waals surface area contributed by atoms with Crippen molar-refractivity contribution >= 4 is 17.2 Å². The number of hydrogen-bond donors (Lipinski definition) is 1. The van der Waals surface area contributed by atoms with E-state index in [0.29, 0.717) is 23.8 Å². The Morgan fingerprint density at radius 1 is 1.21 bits per heavy atom. The number of rotatable bonds is 8. The number of hydrogen-bond acceptors (Lipinski definition) is 5. The van der Waals surface area contributed by atoms with Crippen molar-refractivity contribution < 1.29 is 14.3 Å². The Morgan fingerprint density at radius 2 is 2.04 bits per heavy atom. The number of benzene rings is 2. The van der Waals surface area contributed by atoms with Crippen molar-refractivity contribution in [3.05, 3.63) is 76.2 Å². The van der Waals surface area contributed by atoms with E-state index in [-0.39, 0.29) is 11.9 Å². The van der Waals surface area contributed by atoms with Gasteiger partial charge in [0.2, 0.25) is 0 Å². The molecule has 1 aliphatic rings. The molecule has 28 heavy (non-hydrogen) atoms.